The summed E-state index contributed by atoms with van der Waals surface area (Å²) in [6, 6.07) is -0.208. The van der Waals surface area contributed by atoms with Gasteiger partial charge in [-0.3, -0.25) is 4.79 Å². The molecule has 3 heteroatoms. The predicted octanol–water partition coefficient (Wildman–Crippen LogP) is 1.28. The van der Waals surface area contributed by atoms with Crippen LogP contribution in [-0.4, -0.2) is 18.5 Å². The zero-order valence-corrected chi connectivity index (χ0v) is 8.68. The summed E-state index contributed by atoms with van der Waals surface area (Å²) in [4.78, 5) is 11.0. The maximum atomic E-state index is 11.0. The average Bonchev–Trinajstić information content (AvgIpc) is 2.09. The standard InChI is InChI=1S/C10H22N2O/c1-4-5-6-12-9(10(11)13)7-8(2)3/h8-9,12H,4-7H2,1-3H3,(H2,11,13)/t9-/m0/s1/i1D. The molecule has 0 aliphatic carbocycles. The third-order valence-electron chi connectivity index (χ3n) is 1.87. The number of unbranched alkanes of at least 4 members (excludes halogenated alkanes) is 1. The van der Waals surface area contributed by atoms with E-state index >= 15 is 0 Å². The molecule has 0 fully saturated rings. The van der Waals surface area contributed by atoms with E-state index in [1.165, 1.54) is 0 Å². The second kappa shape index (κ2) is 6.89. The van der Waals surface area contributed by atoms with Crippen molar-refractivity contribution in [2.24, 2.45) is 11.7 Å². The molecule has 0 aliphatic heterocycles. The van der Waals surface area contributed by atoms with Gasteiger partial charge in [-0.2, -0.15) is 0 Å². The molecule has 0 heterocycles. The van der Waals surface area contributed by atoms with Gasteiger partial charge in [0.2, 0.25) is 5.91 Å². The van der Waals surface area contributed by atoms with Crippen LogP contribution in [0.15, 0.2) is 0 Å². The molecule has 0 aromatic carbocycles. The van der Waals surface area contributed by atoms with E-state index in [2.05, 4.69) is 19.2 Å². The van der Waals surface area contributed by atoms with Gasteiger partial charge in [0.25, 0.3) is 0 Å². The molecule has 0 aliphatic rings. The van der Waals surface area contributed by atoms with E-state index in [0.717, 1.165) is 25.8 Å². The number of primary amides is 1. The summed E-state index contributed by atoms with van der Waals surface area (Å²) in [6.45, 7) is 5.37. The van der Waals surface area contributed by atoms with E-state index in [1.807, 2.05) is 0 Å². The third kappa shape index (κ3) is 6.58. The highest BCUT2D eigenvalue weighted by molar-refractivity contribution is 5.79. The minimum absolute atomic E-state index is 0.208. The van der Waals surface area contributed by atoms with Crippen molar-refractivity contribution in [2.45, 2.75) is 46.1 Å². The lowest BCUT2D eigenvalue weighted by molar-refractivity contribution is -0.120. The molecular weight excluding hydrogens is 164 g/mol. The van der Waals surface area contributed by atoms with Gasteiger partial charge in [0, 0.05) is 1.37 Å². The van der Waals surface area contributed by atoms with Crippen LogP contribution in [-0.2, 0) is 4.79 Å². The van der Waals surface area contributed by atoms with Crippen LogP contribution in [0.1, 0.15) is 41.4 Å². The van der Waals surface area contributed by atoms with Crippen molar-refractivity contribution in [3.63, 3.8) is 0 Å². The molecule has 0 bridgehead atoms. The maximum Gasteiger partial charge on any atom is 0.234 e. The summed E-state index contributed by atoms with van der Waals surface area (Å²) in [5, 5.41) is 3.13. The largest absolute Gasteiger partial charge is 0.368 e. The molecule has 1 atom stereocenters. The van der Waals surface area contributed by atoms with E-state index in [1.54, 1.807) is 0 Å². The highest BCUT2D eigenvalue weighted by atomic mass is 16.1. The lowest BCUT2D eigenvalue weighted by Gasteiger charge is -2.16. The molecule has 0 saturated carbocycles. The lowest BCUT2D eigenvalue weighted by Crippen LogP contribution is -2.42. The Balaban J connectivity index is 3.68. The Morgan fingerprint density at radius 1 is 1.62 bits per heavy atom. The van der Waals surface area contributed by atoms with Crippen LogP contribution in [0.5, 0.6) is 0 Å². The van der Waals surface area contributed by atoms with Crippen molar-refractivity contribution in [3.05, 3.63) is 0 Å². The topological polar surface area (TPSA) is 55.1 Å². The van der Waals surface area contributed by atoms with Crippen molar-refractivity contribution in [2.75, 3.05) is 6.54 Å². The molecule has 0 rings (SSSR count). The highest BCUT2D eigenvalue weighted by Crippen LogP contribution is 2.04. The number of carbonyl (C=O) groups is 1. The van der Waals surface area contributed by atoms with E-state index in [9.17, 15) is 4.79 Å². The van der Waals surface area contributed by atoms with Crippen LogP contribution < -0.4 is 11.1 Å². The smallest absolute Gasteiger partial charge is 0.234 e. The molecular formula is C10H22N2O. The third-order valence-corrected chi connectivity index (χ3v) is 1.87. The van der Waals surface area contributed by atoms with Gasteiger partial charge in [0.15, 0.2) is 0 Å². The van der Waals surface area contributed by atoms with Gasteiger partial charge in [-0.25, -0.2) is 0 Å². The van der Waals surface area contributed by atoms with E-state index in [4.69, 9.17) is 7.10 Å². The fraction of sp³-hybridized carbons (Fsp3) is 0.900. The molecule has 1 amide bonds. The van der Waals surface area contributed by atoms with Gasteiger partial charge < -0.3 is 11.1 Å². The summed E-state index contributed by atoms with van der Waals surface area (Å²) in [5.41, 5.74) is 5.26. The molecule has 78 valence electrons. The Bertz CT molecular complexity index is 162. The minimum atomic E-state index is -0.274. The van der Waals surface area contributed by atoms with Crippen LogP contribution in [0.25, 0.3) is 0 Å². The Kier molecular flexibility index (Phi) is 5.57. The van der Waals surface area contributed by atoms with Crippen molar-refractivity contribution >= 4 is 5.91 Å². The Morgan fingerprint density at radius 2 is 2.31 bits per heavy atom. The zero-order valence-electron chi connectivity index (χ0n) is 9.68. The number of carbonyl (C=O) groups excluding carboxylic acids is 1. The van der Waals surface area contributed by atoms with Crippen LogP contribution in [0.3, 0.4) is 0 Å². The van der Waals surface area contributed by atoms with Gasteiger partial charge in [-0.15, -0.1) is 0 Å². The molecule has 3 nitrogen and oxygen atoms in total. The highest BCUT2D eigenvalue weighted by Gasteiger charge is 2.15. The predicted molar refractivity (Wildman–Crippen MR) is 55.3 cm³/mol. The Hall–Kier alpha value is -0.570. The number of nitrogens with two attached hydrogens (primary N) is 1. The SMILES string of the molecule is [2H]CCCCN[C@@H](CC(C)C)C(N)=O. The first-order chi connectivity index (χ1) is 6.57. The molecule has 0 aromatic rings. The van der Waals surface area contributed by atoms with Gasteiger partial charge in [0.1, 0.15) is 0 Å². The molecule has 3 N–H and O–H groups in total. The first-order valence-electron chi connectivity index (χ1n) is 5.60. The number of nitrogens with one attached hydrogen (secondary N) is 1. The second-order valence-corrected chi connectivity index (χ2v) is 3.75. The van der Waals surface area contributed by atoms with Gasteiger partial charge in [-0.05, 0) is 25.3 Å². The van der Waals surface area contributed by atoms with Crippen LogP contribution in [0, 0.1) is 5.92 Å². The maximum absolute atomic E-state index is 11.0. The van der Waals surface area contributed by atoms with E-state index in [0.29, 0.717) is 12.8 Å². The summed E-state index contributed by atoms with van der Waals surface area (Å²) < 4.78 is 6.97. The number of rotatable bonds is 7. The van der Waals surface area contributed by atoms with Crippen LogP contribution in [0.4, 0.5) is 0 Å². The summed E-state index contributed by atoms with van der Waals surface area (Å²) in [5.74, 6) is 0.195. The average molecular weight is 187 g/mol. The van der Waals surface area contributed by atoms with Gasteiger partial charge >= 0.3 is 0 Å². The van der Waals surface area contributed by atoms with Crippen molar-refractivity contribution in [1.29, 1.82) is 0 Å². The number of amides is 1. The molecule has 0 aromatic heterocycles. The molecule has 0 saturated heterocycles. The summed E-state index contributed by atoms with van der Waals surface area (Å²) in [7, 11) is 0. The summed E-state index contributed by atoms with van der Waals surface area (Å²) >= 11 is 0. The molecule has 0 radical (unpaired) electrons. The van der Waals surface area contributed by atoms with Gasteiger partial charge in [-0.1, -0.05) is 27.2 Å². The van der Waals surface area contributed by atoms with Gasteiger partial charge in [0.05, 0.1) is 6.04 Å². The van der Waals surface area contributed by atoms with Crippen molar-refractivity contribution in [3.8, 4) is 0 Å². The molecule has 0 spiro atoms. The Morgan fingerprint density at radius 3 is 2.77 bits per heavy atom. The van der Waals surface area contributed by atoms with Crippen molar-refractivity contribution in [1.82, 2.24) is 5.32 Å². The van der Waals surface area contributed by atoms with Crippen molar-refractivity contribution < 1.29 is 6.17 Å². The Labute approximate surface area is 82.5 Å². The molecule has 13 heavy (non-hydrogen) atoms. The summed E-state index contributed by atoms with van der Waals surface area (Å²) in [6.07, 6.45) is 2.60. The van der Waals surface area contributed by atoms with E-state index in [-0.39, 0.29) is 11.9 Å². The normalized spacial score (nSPS) is 14.2. The lowest BCUT2D eigenvalue weighted by atomic mass is 10.0. The first-order valence-corrected chi connectivity index (χ1v) is 4.89. The quantitative estimate of drug-likeness (QED) is 0.590. The number of hydrogen-bond donors (Lipinski definition) is 2. The zero-order chi connectivity index (χ0) is 11.0. The number of hydrogen-bond acceptors (Lipinski definition) is 2. The van der Waals surface area contributed by atoms with Crippen LogP contribution in [0.2, 0.25) is 0 Å². The molecule has 0 unspecified atom stereocenters. The van der Waals surface area contributed by atoms with E-state index < -0.39 is 0 Å². The van der Waals surface area contributed by atoms with Crippen LogP contribution >= 0.6 is 0 Å². The monoisotopic (exact) mass is 187 g/mol. The second-order valence-electron chi connectivity index (χ2n) is 3.75. The fourth-order valence-electron chi connectivity index (χ4n) is 1.17. The fourth-order valence-corrected chi connectivity index (χ4v) is 1.17. The minimum Gasteiger partial charge on any atom is -0.368 e. The first kappa shape index (κ1) is 10.5.